The first kappa shape index (κ1) is 19.1. The van der Waals surface area contributed by atoms with E-state index < -0.39 is 0 Å². The van der Waals surface area contributed by atoms with E-state index >= 15 is 0 Å². The molecule has 5 aromatic rings. The number of hydrogen-bond acceptors (Lipinski definition) is 6. The monoisotopic (exact) mass is 433 g/mol. The third-order valence-electron chi connectivity index (χ3n) is 4.79. The van der Waals surface area contributed by atoms with Crippen molar-refractivity contribution in [2.75, 3.05) is 5.32 Å². The number of nitrogens with zero attached hydrogens (tertiary/aromatic N) is 6. The van der Waals surface area contributed by atoms with Gasteiger partial charge in [0.15, 0.2) is 5.65 Å². The summed E-state index contributed by atoms with van der Waals surface area (Å²) in [6.07, 6.45) is 8.58. The van der Waals surface area contributed by atoms with Crippen LogP contribution in [0.5, 0.6) is 5.88 Å². The summed E-state index contributed by atoms with van der Waals surface area (Å²) in [5.41, 5.74) is 3.52. The van der Waals surface area contributed by atoms with Crippen LogP contribution in [0.4, 0.5) is 10.2 Å². The van der Waals surface area contributed by atoms with Gasteiger partial charge in [-0.2, -0.15) is 10.2 Å². The molecule has 5 rings (SSSR count). The highest BCUT2D eigenvalue weighted by Gasteiger charge is 2.12. The molecular formula is C21H17FN7OP. The average Bonchev–Trinajstić information content (AvgIpc) is 3.41. The Labute approximate surface area is 178 Å². The molecule has 0 aliphatic carbocycles. The molecule has 0 aliphatic heterocycles. The number of halogens is 1. The van der Waals surface area contributed by atoms with Crippen molar-refractivity contribution in [2.45, 2.75) is 6.54 Å². The zero-order valence-electron chi connectivity index (χ0n) is 16.1. The van der Waals surface area contributed by atoms with Crippen LogP contribution in [0.3, 0.4) is 0 Å². The molecule has 0 saturated heterocycles. The maximum Gasteiger partial charge on any atom is 0.210 e. The lowest BCUT2D eigenvalue weighted by Crippen LogP contribution is -2.07. The number of pyridine rings is 1. The van der Waals surface area contributed by atoms with E-state index in [1.807, 2.05) is 6.20 Å². The maximum atomic E-state index is 14.0. The maximum absolute atomic E-state index is 14.0. The van der Waals surface area contributed by atoms with Crippen LogP contribution in [0.15, 0.2) is 67.4 Å². The Morgan fingerprint density at radius 2 is 1.94 bits per heavy atom. The number of aromatic hydroxyl groups is 1. The highest BCUT2D eigenvalue weighted by Crippen LogP contribution is 2.22. The van der Waals surface area contributed by atoms with Crippen molar-refractivity contribution in [2.24, 2.45) is 0 Å². The molecule has 0 amide bonds. The van der Waals surface area contributed by atoms with Gasteiger partial charge in [0.25, 0.3) is 0 Å². The van der Waals surface area contributed by atoms with E-state index in [1.54, 1.807) is 58.3 Å². The summed E-state index contributed by atoms with van der Waals surface area (Å²) in [7, 11) is 2.56. The van der Waals surface area contributed by atoms with Gasteiger partial charge in [-0.25, -0.2) is 23.6 Å². The zero-order valence-corrected chi connectivity index (χ0v) is 17.3. The molecule has 2 N–H and O–H groups in total. The number of rotatable bonds is 5. The van der Waals surface area contributed by atoms with E-state index in [-0.39, 0.29) is 11.7 Å². The van der Waals surface area contributed by atoms with Gasteiger partial charge in [0.1, 0.15) is 17.3 Å². The molecule has 8 nitrogen and oxygen atoms in total. The predicted molar refractivity (Wildman–Crippen MR) is 118 cm³/mol. The second-order valence-electron chi connectivity index (χ2n) is 6.89. The lowest BCUT2D eigenvalue weighted by molar-refractivity contribution is 0.453. The first-order valence-corrected chi connectivity index (χ1v) is 9.97. The van der Waals surface area contributed by atoms with Crippen LogP contribution in [0.25, 0.3) is 22.5 Å². The van der Waals surface area contributed by atoms with Crippen molar-refractivity contribution in [3.8, 4) is 22.7 Å². The Bertz CT molecular complexity index is 1380. The van der Waals surface area contributed by atoms with Gasteiger partial charge in [0.2, 0.25) is 5.88 Å². The standard InChI is InChI=1S/C21H17FN7OP/c22-17-3-2-16(31)7-14(17)9-23-19-5-6-28-21(27-19)18(11-26-28)29-12-15(10-25-29)13-1-4-20(30)24-8-13/h1-8,10-12H,9,31H2,(H,23,27)(H,24,30). The van der Waals surface area contributed by atoms with E-state index in [4.69, 9.17) is 0 Å². The fraction of sp³-hybridized carbons (Fsp3) is 0.0476. The lowest BCUT2D eigenvalue weighted by atomic mass is 10.2. The van der Waals surface area contributed by atoms with Crippen molar-refractivity contribution < 1.29 is 9.50 Å². The van der Waals surface area contributed by atoms with Crippen molar-refractivity contribution in [3.63, 3.8) is 0 Å². The quantitative estimate of drug-likeness (QED) is 0.414. The number of aromatic nitrogens is 6. The van der Waals surface area contributed by atoms with Gasteiger partial charge in [-0.15, -0.1) is 9.24 Å². The Balaban J connectivity index is 1.43. The van der Waals surface area contributed by atoms with Gasteiger partial charge in [-0.05, 0) is 29.6 Å². The first-order valence-electron chi connectivity index (χ1n) is 9.39. The minimum Gasteiger partial charge on any atom is -0.493 e. The van der Waals surface area contributed by atoms with Gasteiger partial charge in [-0.1, -0.05) is 6.07 Å². The van der Waals surface area contributed by atoms with Gasteiger partial charge in [0, 0.05) is 47.9 Å². The van der Waals surface area contributed by atoms with E-state index in [0.717, 1.165) is 16.4 Å². The van der Waals surface area contributed by atoms with E-state index in [1.165, 1.54) is 12.1 Å². The van der Waals surface area contributed by atoms with Crippen LogP contribution in [0.1, 0.15) is 5.56 Å². The fourth-order valence-electron chi connectivity index (χ4n) is 3.19. The molecule has 0 saturated carbocycles. The van der Waals surface area contributed by atoms with Gasteiger partial charge in [-0.3, -0.25) is 0 Å². The molecule has 1 atom stereocenters. The molecule has 31 heavy (non-hydrogen) atoms. The van der Waals surface area contributed by atoms with Crippen LogP contribution < -0.4 is 10.6 Å². The molecule has 1 aromatic carbocycles. The molecule has 0 radical (unpaired) electrons. The topological polar surface area (TPSA) is 93.2 Å². The minimum absolute atomic E-state index is 0.0349. The van der Waals surface area contributed by atoms with Crippen LogP contribution in [-0.2, 0) is 6.54 Å². The summed E-state index contributed by atoms with van der Waals surface area (Å²) in [6.45, 7) is 0.306. The molecule has 0 spiro atoms. The van der Waals surface area contributed by atoms with Crippen LogP contribution >= 0.6 is 9.24 Å². The van der Waals surface area contributed by atoms with Crippen LogP contribution in [0, 0.1) is 5.82 Å². The second kappa shape index (κ2) is 7.77. The SMILES string of the molecule is Oc1ccc(-c2cnn(-c3cnn4ccc(NCc5cc(P)ccc5F)nc34)c2)cn1. The molecule has 0 bridgehead atoms. The van der Waals surface area contributed by atoms with E-state index in [2.05, 4.69) is 34.7 Å². The van der Waals surface area contributed by atoms with Gasteiger partial charge < -0.3 is 10.4 Å². The summed E-state index contributed by atoms with van der Waals surface area (Å²) >= 11 is 0. The summed E-state index contributed by atoms with van der Waals surface area (Å²) in [5.74, 6) is 0.294. The fourth-order valence-corrected chi connectivity index (χ4v) is 3.49. The Kier molecular flexibility index (Phi) is 4.80. The Morgan fingerprint density at radius 1 is 1.03 bits per heavy atom. The molecule has 1 unspecified atom stereocenters. The van der Waals surface area contributed by atoms with Crippen molar-refractivity contribution in [3.05, 3.63) is 78.8 Å². The lowest BCUT2D eigenvalue weighted by Gasteiger charge is -2.08. The van der Waals surface area contributed by atoms with Gasteiger partial charge >= 0.3 is 0 Å². The summed E-state index contributed by atoms with van der Waals surface area (Å²) in [4.78, 5) is 8.53. The highest BCUT2D eigenvalue weighted by molar-refractivity contribution is 7.27. The predicted octanol–water partition coefficient (Wildman–Crippen LogP) is 2.93. The van der Waals surface area contributed by atoms with Crippen LogP contribution in [0.2, 0.25) is 0 Å². The number of hydrogen-bond donors (Lipinski definition) is 2. The number of fused-ring (bicyclic) bond motifs is 1. The second-order valence-corrected chi connectivity index (χ2v) is 7.56. The highest BCUT2D eigenvalue weighted by atomic mass is 31.0. The molecule has 10 heteroatoms. The zero-order chi connectivity index (χ0) is 21.4. The largest absolute Gasteiger partial charge is 0.493 e. The van der Waals surface area contributed by atoms with Crippen molar-refractivity contribution in [1.82, 2.24) is 29.4 Å². The normalized spacial score (nSPS) is 11.2. The molecule has 0 fully saturated rings. The van der Waals surface area contributed by atoms with E-state index in [0.29, 0.717) is 29.3 Å². The molecule has 4 heterocycles. The third-order valence-corrected chi connectivity index (χ3v) is 5.15. The minimum atomic E-state index is -0.266. The van der Waals surface area contributed by atoms with Crippen LogP contribution in [-0.4, -0.2) is 34.5 Å². The van der Waals surface area contributed by atoms with Gasteiger partial charge in [0.05, 0.1) is 12.4 Å². The summed E-state index contributed by atoms with van der Waals surface area (Å²) < 4.78 is 17.3. The average molecular weight is 433 g/mol. The molecular weight excluding hydrogens is 416 g/mol. The number of benzene rings is 1. The Hall–Kier alpha value is -3.84. The Morgan fingerprint density at radius 3 is 2.77 bits per heavy atom. The van der Waals surface area contributed by atoms with Crippen molar-refractivity contribution in [1.29, 1.82) is 0 Å². The summed E-state index contributed by atoms with van der Waals surface area (Å²) in [6, 6.07) is 10.0. The van der Waals surface area contributed by atoms with E-state index in [9.17, 15) is 9.50 Å². The third kappa shape index (κ3) is 3.83. The smallest absolute Gasteiger partial charge is 0.210 e. The van der Waals surface area contributed by atoms with Crippen molar-refractivity contribution >= 4 is 26.0 Å². The number of nitrogens with one attached hydrogen (secondary N) is 1. The molecule has 4 aromatic heterocycles. The first-order chi connectivity index (χ1) is 15.1. The molecule has 0 aliphatic rings. The number of anilines is 1. The summed E-state index contributed by atoms with van der Waals surface area (Å²) in [5, 5.41) is 22.2. The molecule has 154 valence electrons.